The van der Waals surface area contributed by atoms with Crippen molar-refractivity contribution in [1.29, 1.82) is 0 Å². The molecule has 0 aliphatic carbocycles. The number of ether oxygens (including phenoxy) is 1. The Bertz CT molecular complexity index is 1030. The molecule has 30 heavy (non-hydrogen) atoms. The van der Waals surface area contributed by atoms with Gasteiger partial charge in [0.15, 0.2) is 11.0 Å². The number of nitrogens with zero attached hydrogens (tertiary/aromatic N) is 4. The monoisotopic (exact) mass is 468 g/mol. The average molecular weight is 469 g/mol. The number of para-hydroxylation sites is 1. The second-order valence-corrected chi connectivity index (χ2v) is 8.17. The minimum absolute atomic E-state index is 0.0840. The lowest BCUT2D eigenvalue weighted by molar-refractivity contribution is -0.127. The van der Waals surface area contributed by atoms with E-state index in [2.05, 4.69) is 10.2 Å². The average Bonchev–Trinajstić information content (AvgIpc) is 3.07. The van der Waals surface area contributed by atoms with E-state index in [-0.39, 0.29) is 30.4 Å². The molecular formula is C20H19Cl2FN4O2S. The first-order valence-corrected chi connectivity index (χ1v) is 10.7. The molecule has 0 saturated heterocycles. The molecule has 0 atom stereocenters. The van der Waals surface area contributed by atoms with Crippen LogP contribution in [-0.2, 0) is 25.0 Å². The van der Waals surface area contributed by atoms with Crippen LogP contribution in [0.1, 0.15) is 11.4 Å². The van der Waals surface area contributed by atoms with Crippen LogP contribution in [0, 0.1) is 5.82 Å². The van der Waals surface area contributed by atoms with Crippen molar-refractivity contribution in [3.05, 3.63) is 69.7 Å². The van der Waals surface area contributed by atoms with E-state index in [1.807, 2.05) is 12.1 Å². The highest BCUT2D eigenvalue weighted by Crippen LogP contribution is 2.25. The van der Waals surface area contributed by atoms with E-state index in [0.717, 1.165) is 0 Å². The van der Waals surface area contributed by atoms with Crippen molar-refractivity contribution in [2.45, 2.75) is 18.3 Å². The van der Waals surface area contributed by atoms with Crippen LogP contribution < -0.4 is 4.74 Å². The molecule has 158 valence electrons. The third-order valence-electron chi connectivity index (χ3n) is 4.33. The Kier molecular flexibility index (Phi) is 7.58. The maximum atomic E-state index is 13.9. The Hall–Kier alpha value is -2.29. The van der Waals surface area contributed by atoms with Crippen LogP contribution in [0.2, 0.25) is 10.0 Å². The number of amides is 1. The van der Waals surface area contributed by atoms with Gasteiger partial charge in [-0.3, -0.25) is 4.79 Å². The van der Waals surface area contributed by atoms with Crippen LogP contribution >= 0.6 is 35.0 Å². The fourth-order valence-corrected chi connectivity index (χ4v) is 3.83. The van der Waals surface area contributed by atoms with Gasteiger partial charge in [-0.25, -0.2) is 4.39 Å². The second kappa shape index (κ2) is 10.1. The van der Waals surface area contributed by atoms with Crippen LogP contribution in [0.3, 0.4) is 0 Å². The Morgan fingerprint density at radius 3 is 2.63 bits per heavy atom. The van der Waals surface area contributed by atoms with Crippen molar-refractivity contribution >= 4 is 40.9 Å². The summed E-state index contributed by atoms with van der Waals surface area (Å²) in [4.78, 5) is 13.9. The standard InChI is InChI=1S/C20H19Cl2FN4O2S/c1-26(10-13-14(21)7-5-8-16(13)23)19(28)12-30-20-25-24-18(27(20)2)11-29-17-9-4-3-6-15(17)22/h3-9H,10-12H2,1-2H3. The Labute approximate surface area is 187 Å². The Morgan fingerprint density at radius 2 is 1.90 bits per heavy atom. The van der Waals surface area contributed by atoms with Gasteiger partial charge in [0.25, 0.3) is 0 Å². The lowest BCUT2D eigenvalue weighted by Gasteiger charge is -2.18. The molecule has 6 nitrogen and oxygen atoms in total. The summed E-state index contributed by atoms with van der Waals surface area (Å²) >= 11 is 13.4. The zero-order chi connectivity index (χ0) is 21.7. The second-order valence-electron chi connectivity index (χ2n) is 6.42. The van der Waals surface area contributed by atoms with E-state index in [1.54, 1.807) is 36.9 Å². The molecule has 0 fully saturated rings. The molecule has 1 amide bonds. The number of aromatic nitrogens is 3. The van der Waals surface area contributed by atoms with Crippen molar-refractivity contribution in [2.24, 2.45) is 7.05 Å². The number of carbonyl (C=O) groups excluding carboxylic acids is 1. The summed E-state index contributed by atoms with van der Waals surface area (Å²) in [5.41, 5.74) is 0.290. The molecule has 2 aromatic carbocycles. The number of thioether (sulfide) groups is 1. The zero-order valence-electron chi connectivity index (χ0n) is 16.3. The van der Waals surface area contributed by atoms with Gasteiger partial charge in [-0.05, 0) is 24.3 Å². The Balaban J connectivity index is 1.55. The third kappa shape index (κ3) is 5.44. The predicted molar refractivity (Wildman–Crippen MR) is 115 cm³/mol. The first-order valence-electron chi connectivity index (χ1n) is 8.92. The predicted octanol–water partition coefficient (Wildman–Crippen LogP) is 4.59. The molecule has 1 aromatic heterocycles. The molecule has 0 N–H and O–H groups in total. The van der Waals surface area contributed by atoms with Crippen molar-refractivity contribution in [3.63, 3.8) is 0 Å². The van der Waals surface area contributed by atoms with Gasteiger partial charge in [-0.15, -0.1) is 10.2 Å². The molecule has 3 rings (SSSR count). The molecule has 3 aromatic rings. The lowest BCUT2D eigenvalue weighted by Crippen LogP contribution is -2.28. The number of hydrogen-bond acceptors (Lipinski definition) is 5. The topological polar surface area (TPSA) is 60.3 Å². The van der Waals surface area contributed by atoms with Crippen LogP contribution in [0.25, 0.3) is 0 Å². The molecule has 0 saturated carbocycles. The summed E-state index contributed by atoms with van der Waals surface area (Å²) in [6.07, 6.45) is 0. The molecule has 0 bridgehead atoms. The highest BCUT2D eigenvalue weighted by atomic mass is 35.5. The fraction of sp³-hybridized carbons (Fsp3) is 0.250. The minimum Gasteiger partial charge on any atom is -0.484 e. The van der Waals surface area contributed by atoms with Gasteiger partial charge in [-0.1, -0.05) is 53.2 Å². The molecule has 1 heterocycles. The summed E-state index contributed by atoms with van der Waals surface area (Å²) in [5.74, 6) is 0.652. The number of hydrogen-bond donors (Lipinski definition) is 0. The smallest absolute Gasteiger partial charge is 0.233 e. The van der Waals surface area contributed by atoms with Gasteiger partial charge >= 0.3 is 0 Å². The van der Waals surface area contributed by atoms with E-state index in [4.69, 9.17) is 27.9 Å². The first kappa shape index (κ1) is 22.4. The SMILES string of the molecule is CN(Cc1c(F)cccc1Cl)C(=O)CSc1nnc(COc2ccccc2Cl)n1C. The summed E-state index contributed by atoms with van der Waals surface area (Å²) in [7, 11) is 3.39. The molecular weight excluding hydrogens is 450 g/mol. The summed E-state index contributed by atoms with van der Waals surface area (Å²) < 4.78 is 21.4. The number of rotatable bonds is 8. The minimum atomic E-state index is -0.439. The molecule has 10 heteroatoms. The maximum Gasteiger partial charge on any atom is 0.233 e. The van der Waals surface area contributed by atoms with Crippen molar-refractivity contribution in [1.82, 2.24) is 19.7 Å². The molecule has 0 aliphatic heterocycles. The van der Waals surface area contributed by atoms with Gasteiger partial charge < -0.3 is 14.2 Å². The molecule has 0 aliphatic rings. The van der Waals surface area contributed by atoms with Crippen molar-refractivity contribution in [3.8, 4) is 5.75 Å². The zero-order valence-corrected chi connectivity index (χ0v) is 18.6. The van der Waals surface area contributed by atoms with Gasteiger partial charge in [0.2, 0.25) is 5.91 Å². The van der Waals surface area contributed by atoms with Crippen LogP contribution in [-0.4, -0.2) is 38.4 Å². The quantitative estimate of drug-likeness (QED) is 0.452. The van der Waals surface area contributed by atoms with E-state index in [1.165, 1.54) is 28.8 Å². The van der Waals surface area contributed by atoms with E-state index in [9.17, 15) is 9.18 Å². The molecule has 0 unspecified atom stereocenters. The lowest BCUT2D eigenvalue weighted by atomic mass is 10.2. The van der Waals surface area contributed by atoms with Gasteiger partial charge in [0.1, 0.15) is 18.2 Å². The number of carbonyl (C=O) groups is 1. The maximum absolute atomic E-state index is 13.9. The highest BCUT2D eigenvalue weighted by molar-refractivity contribution is 7.99. The van der Waals surface area contributed by atoms with E-state index in [0.29, 0.717) is 26.8 Å². The van der Waals surface area contributed by atoms with Gasteiger partial charge in [0, 0.05) is 31.2 Å². The normalized spacial score (nSPS) is 10.8. The van der Waals surface area contributed by atoms with Crippen molar-refractivity contribution in [2.75, 3.05) is 12.8 Å². The highest BCUT2D eigenvalue weighted by Gasteiger charge is 2.17. The largest absolute Gasteiger partial charge is 0.484 e. The Morgan fingerprint density at radius 1 is 1.17 bits per heavy atom. The first-order chi connectivity index (χ1) is 14.4. The summed E-state index contributed by atoms with van der Waals surface area (Å²) in [5, 5.41) is 9.58. The molecule has 0 spiro atoms. The summed E-state index contributed by atoms with van der Waals surface area (Å²) in [6.45, 7) is 0.272. The van der Waals surface area contributed by atoms with Crippen LogP contribution in [0.15, 0.2) is 47.6 Å². The summed E-state index contributed by atoms with van der Waals surface area (Å²) in [6, 6.07) is 11.6. The van der Waals surface area contributed by atoms with Crippen LogP contribution in [0.4, 0.5) is 4.39 Å². The van der Waals surface area contributed by atoms with Crippen molar-refractivity contribution < 1.29 is 13.9 Å². The number of benzene rings is 2. The molecule has 0 radical (unpaired) electrons. The fourth-order valence-electron chi connectivity index (χ4n) is 2.55. The van der Waals surface area contributed by atoms with Gasteiger partial charge in [-0.2, -0.15) is 0 Å². The van der Waals surface area contributed by atoms with E-state index < -0.39 is 5.82 Å². The third-order valence-corrected chi connectivity index (χ3v) is 6.00. The van der Waals surface area contributed by atoms with Crippen LogP contribution in [0.5, 0.6) is 5.75 Å². The number of halogens is 3. The van der Waals surface area contributed by atoms with E-state index >= 15 is 0 Å². The van der Waals surface area contributed by atoms with Gasteiger partial charge in [0.05, 0.1) is 10.8 Å².